The number of aryl methyl sites for hydroxylation is 1. The molecule has 0 aliphatic heterocycles. The number of pyridine rings is 1. The van der Waals surface area contributed by atoms with Crippen molar-refractivity contribution in [2.75, 3.05) is 0 Å². The van der Waals surface area contributed by atoms with Crippen LogP contribution in [0.3, 0.4) is 0 Å². The minimum absolute atomic E-state index is 0.0134. The van der Waals surface area contributed by atoms with Crippen LogP contribution in [-0.4, -0.2) is 20.5 Å². The molecule has 0 atom stereocenters. The van der Waals surface area contributed by atoms with Gasteiger partial charge < -0.3 is 9.84 Å². The van der Waals surface area contributed by atoms with Crippen molar-refractivity contribution in [1.82, 2.24) is 9.38 Å². The highest BCUT2D eigenvalue weighted by Crippen LogP contribution is 2.31. The number of carbonyl (C=O) groups is 1. The van der Waals surface area contributed by atoms with Gasteiger partial charge in [-0.05, 0) is 36.8 Å². The van der Waals surface area contributed by atoms with Crippen molar-refractivity contribution in [1.29, 1.82) is 0 Å². The quantitative estimate of drug-likeness (QED) is 0.799. The van der Waals surface area contributed by atoms with Crippen LogP contribution in [0.5, 0.6) is 11.6 Å². The fourth-order valence-electron chi connectivity index (χ4n) is 2.03. The Morgan fingerprint density at radius 1 is 1.33 bits per heavy atom. The van der Waals surface area contributed by atoms with Gasteiger partial charge >= 0.3 is 5.97 Å². The number of nitrogens with zero attached hydrogens (tertiary/aromatic N) is 2. The number of aromatic nitrogens is 2. The van der Waals surface area contributed by atoms with E-state index in [0.29, 0.717) is 16.4 Å². The van der Waals surface area contributed by atoms with Crippen molar-refractivity contribution in [2.45, 2.75) is 6.92 Å². The van der Waals surface area contributed by atoms with Crippen LogP contribution in [0.15, 0.2) is 42.6 Å². The molecule has 0 saturated carbocycles. The normalized spacial score (nSPS) is 10.8. The van der Waals surface area contributed by atoms with E-state index in [2.05, 4.69) is 4.98 Å². The van der Waals surface area contributed by atoms with Gasteiger partial charge in [0.2, 0.25) is 0 Å². The van der Waals surface area contributed by atoms with Crippen LogP contribution in [-0.2, 0) is 0 Å². The lowest BCUT2D eigenvalue weighted by Gasteiger charge is -2.06. The molecule has 0 spiro atoms. The van der Waals surface area contributed by atoms with Crippen molar-refractivity contribution in [3.8, 4) is 11.6 Å². The SMILES string of the molecule is Cc1ccc(Oc2nc3ccccn3c2C(=O)O)c(Cl)c1. The lowest BCUT2D eigenvalue weighted by Crippen LogP contribution is -2.03. The molecule has 0 aliphatic rings. The lowest BCUT2D eigenvalue weighted by molar-refractivity contribution is 0.0686. The zero-order valence-corrected chi connectivity index (χ0v) is 11.8. The highest BCUT2D eigenvalue weighted by Gasteiger charge is 2.21. The van der Waals surface area contributed by atoms with Gasteiger partial charge in [0, 0.05) is 6.20 Å². The Hall–Kier alpha value is -2.53. The number of aromatic carboxylic acids is 1. The molecule has 0 saturated heterocycles. The molecule has 6 heteroatoms. The van der Waals surface area contributed by atoms with Crippen LogP contribution in [0.1, 0.15) is 16.1 Å². The third-order valence-electron chi connectivity index (χ3n) is 2.99. The fraction of sp³-hybridized carbons (Fsp3) is 0.0667. The maximum Gasteiger partial charge on any atom is 0.358 e. The molecule has 2 heterocycles. The summed E-state index contributed by atoms with van der Waals surface area (Å²) in [7, 11) is 0. The fourth-order valence-corrected chi connectivity index (χ4v) is 2.31. The molecule has 3 rings (SSSR count). The Kier molecular flexibility index (Phi) is 3.27. The third kappa shape index (κ3) is 2.43. The van der Waals surface area contributed by atoms with E-state index in [1.54, 1.807) is 36.5 Å². The first kappa shape index (κ1) is 13.5. The number of carboxylic acid groups (broad SMARTS) is 1. The van der Waals surface area contributed by atoms with Gasteiger partial charge in [-0.25, -0.2) is 4.79 Å². The van der Waals surface area contributed by atoms with E-state index < -0.39 is 5.97 Å². The van der Waals surface area contributed by atoms with Crippen LogP contribution in [0.4, 0.5) is 0 Å². The second-order valence-electron chi connectivity index (χ2n) is 4.54. The Labute approximate surface area is 125 Å². The molecule has 5 nitrogen and oxygen atoms in total. The molecule has 0 aliphatic carbocycles. The van der Waals surface area contributed by atoms with Crippen LogP contribution < -0.4 is 4.74 Å². The van der Waals surface area contributed by atoms with Crippen LogP contribution >= 0.6 is 11.6 Å². The van der Waals surface area contributed by atoms with Gasteiger partial charge in [0.25, 0.3) is 5.88 Å². The van der Waals surface area contributed by atoms with Gasteiger partial charge in [-0.2, -0.15) is 4.98 Å². The maximum atomic E-state index is 11.5. The second kappa shape index (κ2) is 5.10. The average molecular weight is 303 g/mol. The molecular weight excluding hydrogens is 292 g/mol. The van der Waals surface area contributed by atoms with Crippen LogP contribution in [0.25, 0.3) is 5.65 Å². The maximum absolute atomic E-state index is 11.5. The van der Waals surface area contributed by atoms with Crippen LogP contribution in [0.2, 0.25) is 5.02 Å². The molecule has 3 aromatic rings. The standard InChI is InChI=1S/C15H11ClN2O3/c1-9-5-6-11(10(16)8-9)21-14-13(15(19)20)18-7-3-2-4-12(18)17-14/h2-8H,1H3,(H,19,20). The van der Waals surface area contributed by atoms with Crippen molar-refractivity contribution in [2.24, 2.45) is 0 Å². The zero-order valence-electron chi connectivity index (χ0n) is 11.1. The number of hydrogen-bond acceptors (Lipinski definition) is 3. The molecule has 1 aromatic carbocycles. The minimum atomic E-state index is -1.12. The Morgan fingerprint density at radius 3 is 2.86 bits per heavy atom. The molecule has 0 fully saturated rings. The number of imidazole rings is 1. The van der Waals surface area contributed by atoms with Crippen molar-refractivity contribution in [3.63, 3.8) is 0 Å². The Bertz CT molecular complexity index is 842. The first-order chi connectivity index (χ1) is 10.1. The van der Waals surface area contributed by atoms with Gasteiger partial charge in [0.1, 0.15) is 11.4 Å². The van der Waals surface area contributed by atoms with Gasteiger partial charge in [-0.1, -0.05) is 23.7 Å². The summed E-state index contributed by atoms with van der Waals surface area (Å²) in [6.45, 7) is 1.91. The van der Waals surface area contributed by atoms with Gasteiger partial charge in [-0.3, -0.25) is 4.40 Å². The summed E-state index contributed by atoms with van der Waals surface area (Å²) in [5.74, 6) is -0.737. The monoisotopic (exact) mass is 302 g/mol. The summed E-state index contributed by atoms with van der Waals surface area (Å²) in [4.78, 5) is 15.6. The van der Waals surface area contributed by atoms with Crippen LogP contribution in [0, 0.1) is 6.92 Å². The molecule has 0 amide bonds. The molecule has 0 unspecified atom stereocenters. The molecular formula is C15H11ClN2O3. The molecule has 21 heavy (non-hydrogen) atoms. The van der Waals surface area contributed by atoms with E-state index in [1.807, 2.05) is 13.0 Å². The number of rotatable bonds is 3. The van der Waals surface area contributed by atoms with E-state index >= 15 is 0 Å². The molecule has 0 radical (unpaired) electrons. The molecule has 1 N–H and O–H groups in total. The number of ether oxygens (including phenoxy) is 1. The summed E-state index contributed by atoms with van der Waals surface area (Å²) in [6.07, 6.45) is 1.62. The first-order valence-corrected chi connectivity index (χ1v) is 6.58. The smallest absolute Gasteiger partial charge is 0.358 e. The van der Waals surface area contributed by atoms with E-state index in [1.165, 1.54) is 4.40 Å². The first-order valence-electron chi connectivity index (χ1n) is 6.20. The predicted octanol–water partition coefficient (Wildman–Crippen LogP) is 3.79. The average Bonchev–Trinajstić information content (AvgIpc) is 2.80. The van der Waals surface area contributed by atoms with Crippen molar-refractivity contribution in [3.05, 3.63) is 58.9 Å². The number of carboxylic acids is 1. The highest BCUT2D eigenvalue weighted by molar-refractivity contribution is 6.32. The van der Waals surface area contributed by atoms with E-state index in [9.17, 15) is 9.90 Å². The predicted molar refractivity (Wildman–Crippen MR) is 78.4 cm³/mol. The Morgan fingerprint density at radius 2 is 2.14 bits per heavy atom. The van der Waals surface area contributed by atoms with E-state index in [0.717, 1.165) is 5.56 Å². The largest absolute Gasteiger partial charge is 0.476 e. The van der Waals surface area contributed by atoms with Crippen molar-refractivity contribution < 1.29 is 14.6 Å². The lowest BCUT2D eigenvalue weighted by atomic mass is 10.2. The topological polar surface area (TPSA) is 63.8 Å². The highest BCUT2D eigenvalue weighted by atomic mass is 35.5. The summed E-state index contributed by atoms with van der Waals surface area (Å²) in [6, 6.07) is 10.5. The van der Waals surface area contributed by atoms with Gasteiger partial charge in [-0.15, -0.1) is 0 Å². The second-order valence-corrected chi connectivity index (χ2v) is 4.94. The number of fused-ring (bicyclic) bond motifs is 1. The molecule has 0 bridgehead atoms. The summed E-state index contributed by atoms with van der Waals surface area (Å²) in [5, 5.41) is 9.78. The number of hydrogen-bond donors (Lipinski definition) is 1. The summed E-state index contributed by atoms with van der Waals surface area (Å²) in [5.41, 5.74) is 1.44. The minimum Gasteiger partial charge on any atom is -0.476 e. The van der Waals surface area contributed by atoms with Crippen molar-refractivity contribution >= 4 is 23.2 Å². The summed E-state index contributed by atoms with van der Waals surface area (Å²) >= 11 is 6.10. The summed E-state index contributed by atoms with van der Waals surface area (Å²) < 4.78 is 7.05. The number of halogens is 1. The third-order valence-corrected chi connectivity index (χ3v) is 3.29. The molecule has 106 valence electrons. The Balaban J connectivity index is 2.12. The molecule has 2 aromatic heterocycles. The zero-order chi connectivity index (χ0) is 15.0. The van der Waals surface area contributed by atoms with Gasteiger partial charge in [0.15, 0.2) is 5.69 Å². The van der Waals surface area contributed by atoms with E-state index in [-0.39, 0.29) is 11.6 Å². The number of benzene rings is 1. The van der Waals surface area contributed by atoms with Gasteiger partial charge in [0.05, 0.1) is 5.02 Å². The van der Waals surface area contributed by atoms with E-state index in [4.69, 9.17) is 16.3 Å².